The van der Waals surface area contributed by atoms with E-state index in [0.717, 1.165) is 5.70 Å². The minimum absolute atomic E-state index is 0.0590. The number of pyridine rings is 3. The van der Waals surface area contributed by atoms with Gasteiger partial charge in [0.25, 0.3) is 5.56 Å². The summed E-state index contributed by atoms with van der Waals surface area (Å²) in [7, 11) is 0. The lowest BCUT2D eigenvalue weighted by Crippen LogP contribution is -2.29. The Kier molecular flexibility index (Phi) is 7.11. The number of rotatable bonds is 6. The normalized spacial score (nSPS) is 15.9. The Morgan fingerprint density at radius 1 is 1.28 bits per heavy atom. The lowest BCUT2D eigenvalue weighted by molar-refractivity contribution is 0.0738. The van der Waals surface area contributed by atoms with Gasteiger partial charge < -0.3 is 9.84 Å². The van der Waals surface area contributed by atoms with Gasteiger partial charge in [0.1, 0.15) is 34.5 Å². The van der Waals surface area contributed by atoms with Crippen molar-refractivity contribution in [1.82, 2.24) is 14.5 Å². The molecule has 0 unspecified atom stereocenters. The summed E-state index contributed by atoms with van der Waals surface area (Å²) in [6, 6.07) is 8.41. The predicted molar refractivity (Wildman–Crippen MR) is 138 cm³/mol. The van der Waals surface area contributed by atoms with Crippen molar-refractivity contribution >= 4 is 23.0 Å². The fraction of sp³-hybridized carbons (Fsp3) is 0.333. The van der Waals surface area contributed by atoms with Crippen LogP contribution in [0.15, 0.2) is 52.4 Å². The second-order valence-electron chi connectivity index (χ2n) is 9.50. The molecule has 1 aliphatic heterocycles. The van der Waals surface area contributed by atoms with Crippen molar-refractivity contribution < 1.29 is 14.2 Å². The number of hydrogen-bond donors (Lipinski definition) is 1. The number of nitrogens with zero attached hydrogens (tertiary/aromatic N) is 4. The van der Waals surface area contributed by atoms with Crippen LogP contribution < -0.4 is 10.3 Å². The van der Waals surface area contributed by atoms with E-state index in [-0.39, 0.29) is 29.0 Å². The van der Waals surface area contributed by atoms with E-state index in [0.29, 0.717) is 34.9 Å². The summed E-state index contributed by atoms with van der Waals surface area (Å²) in [5.74, 6) is -0.377. The number of dihydropyridines is 1. The summed E-state index contributed by atoms with van der Waals surface area (Å²) in [5.41, 5.74) is 2.35. The average Bonchev–Trinajstić information content (AvgIpc) is 2.82. The summed E-state index contributed by atoms with van der Waals surface area (Å²) in [6.45, 7) is 9.14. The Balaban J connectivity index is 1.68. The van der Waals surface area contributed by atoms with Gasteiger partial charge in [-0.2, -0.15) is 0 Å². The number of aryl methyl sites for hydroxylation is 2. The number of halogens is 2. The van der Waals surface area contributed by atoms with Crippen LogP contribution in [0.4, 0.5) is 4.39 Å². The van der Waals surface area contributed by atoms with E-state index >= 15 is 0 Å². The van der Waals surface area contributed by atoms with Gasteiger partial charge in [0, 0.05) is 36.1 Å². The topological polar surface area (TPSA) is 89.6 Å². The van der Waals surface area contributed by atoms with Gasteiger partial charge in [0.15, 0.2) is 0 Å². The first-order chi connectivity index (χ1) is 17.0. The number of allylic oxidation sites excluding steroid dienone is 1. The highest BCUT2D eigenvalue weighted by Crippen LogP contribution is 2.28. The Bertz CT molecular complexity index is 1440. The van der Waals surface area contributed by atoms with Crippen LogP contribution in [-0.2, 0) is 12.2 Å². The molecule has 0 radical (unpaired) electrons. The second-order valence-corrected chi connectivity index (χ2v) is 9.88. The molecule has 36 heavy (non-hydrogen) atoms. The molecule has 188 valence electrons. The standard InChI is InChI=1S/C27H28ClFN4O3/c1-15-9-18(29)21(30-12-15)14-36-23-10-17(3)33(26(34)25(23)28)22-11-20(31-13-16(22)2)19-7-6-8-24(32-19)27(4,5)35/h6-12,16,35H,13-14H2,1-5H3/t16-/m1/s1. The summed E-state index contributed by atoms with van der Waals surface area (Å²) in [4.78, 5) is 26.6. The summed E-state index contributed by atoms with van der Waals surface area (Å²) >= 11 is 6.42. The molecule has 3 aromatic rings. The van der Waals surface area contributed by atoms with Gasteiger partial charge in [0.05, 0.1) is 17.1 Å². The molecule has 0 amide bonds. The maximum atomic E-state index is 14.2. The van der Waals surface area contributed by atoms with Gasteiger partial charge in [-0.25, -0.2) is 9.37 Å². The Morgan fingerprint density at radius 2 is 2.03 bits per heavy atom. The highest BCUT2D eigenvalue weighted by atomic mass is 35.5. The molecule has 0 aromatic carbocycles. The number of aliphatic hydroxyl groups is 1. The van der Waals surface area contributed by atoms with E-state index < -0.39 is 17.0 Å². The number of hydrogen-bond acceptors (Lipinski definition) is 6. The van der Waals surface area contributed by atoms with E-state index in [9.17, 15) is 14.3 Å². The third-order valence-corrected chi connectivity index (χ3v) is 6.29. The van der Waals surface area contributed by atoms with Crippen molar-refractivity contribution in [2.45, 2.75) is 46.8 Å². The molecule has 3 aromatic heterocycles. The van der Waals surface area contributed by atoms with Crippen molar-refractivity contribution in [3.63, 3.8) is 0 Å². The molecule has 0 aliphatic carbocycles. The molecule has 4 heterocycles. The first kappa shape index (κ1) is 25.7. The van der Waals surface area contributed by atoms with E-state index in [4.69, 9.17) is 16.3 Å². The molecule has 0 saturated heterocycles. The van der Waals surface area contributed by atoms with Gasteiger partial charge in [-0.05, 0) is 57.5 Å². The summed E-state index contributed by atoms with van der Waals surface area (Å²) in [5, 5.41) is 10.2. The quantitative estimate of drug-likeness (QED) is 0.513. The minimum Gasteiger partial charge on any atom is -0.485 e. The molecule has 1 N–H and O–H groups in total. The number of ether oxygens (including phenoxy) is 1. The lowest BCUT2D eigenvalue weighted by Gasteiger charge is -2.24. The van der Waals surface area contributed by atoms with Gasteiger partial charge in [-0.1, -0.05) is 24.6 Å². The van der Waals surface area contributed by atoms with E-state index in [1.807, 2.05) is 25.1 Å². The van der Waals surface area contributed by atoms with Crippen LogP contribution in [-0.4, -0.2) is 31.9 Å². The van der Waals surface area contributed by atoms with Crippen LogP contribution in [0.25, 0.3) is 5.70 Å². The lowest BCUT2D eigenvalue weighted by atomic mass is 9.99. The Hall–Kier alpha value is -3.36. The van der Waals surface area contributed by atoms with Gasteiger partial charge in [0.2, 0.25) is 0 Å². The van der Waals surface area contributed by atoms with Crippen molar-refractivity contribution in [2.24, 2.45) is 10.9 Å². The van der Waals surface area contributed by atoms with Crippen LogP contribution in [0.5, 0.6) is 5.75 Å². The van der Waals surface area contributed by atoms with E-state index in [2.05, 4.69) is 15.0 Å². The van der Waals surface area contributed by atoms with Crippen molar-refractivity contribution in [3.8, 4) is 5.75 Å². The van der Waals surface area contributed by atoms with Crippen LogP contribution in [0.3, 0.4) is 0 Å². The van der Waals surface area contributed by atoms with Crippen molar-refractivity contribution in [3.05, 3.63) is 92.1 Å². The van der Waals surface area contributed by atoms with Gasteiger partial charge in [-0.15, -0.1) is 0 Å². The van der Waals surface area contributed by atoms with Crippen molar-refractivity contribution in [1.29, 1.82) is 0 Å². The number of aromatic nitrogens is 3. The maximum absolute atomic E-state index is 14.2. The van der Waals surface area contributed by atoms with E-state index in [1.54, 1.807) is 50.6 Å². The Morgan fingerprint density at radius 3 is 2.72 bits per heavy atom. The first-order valence-electron chi connectivity index (χ1n) is 11.6. The second kappa shape index (κ2) is 9.95. The van der Waals surface area contributed by atoms with Crippen LogP contribution >= 0.6 is 11.6 Å². The summed E-state index contributed by atoms with van der Waals surface area (Å²) < 4.78 is 21.4. The largest absolute Gasteiger partial charge is 0.485 e. The molecule has 0 fully saturated rings. The Labute approximate surface area is 214 Å². The first-order valence-corrected chi connectivity index (χ1v) is 12.0. The molecule has 4 rings (SSSR count). The third-order valence-electron chi connectivity index (χ3n) is 5.94. The van der Waals surface area contributed by atoms with Crippen LogP contribution in [0, 0.1) is 25.6 Å². The van der Waals surface area contributed by atoms with Crippen LogP contribution in [0.1, 0.15) is 49.1 Å². The monoisotopic (exact) mass is 510 g/mol. The van der Waals surface area contributed by atoms with Crippen LogP contribution in [0.2, 0.25) is 5.02 Å². The van der Waals surface area contributed by atoms with E-state index in [1.165, 1.54) is 6.07 Å². The molecule has 0 saturated carbocycles. The molecule has 0 bridgehead atoms. The molecule has 0 spiro atoms. The molecular weight excluding hydrogens is 483 g/mol. The zero-order valence-electron chi connectivity index (χ0n) is 20.8. The van der Waals surface area contributed by atoms with Crippen molar-refractivity contribution in [2.75, 3.05) is 6.54 Å². The number of aliphatic imine (C=N–C) groups is 1. The zero-order valence-corrected chi connectivity index (χ0v) is 21.6. The predicted octanol–water partition coefficient (Wildman–Crippen LogP) is 4.83. The smallest absolute Gasteiger partial charge is 0.277 e. The molecule has 9 heteroatoms. The van der Waals surface area contributed by atoms with Gasteiger partial charge in [-0.3, -0.25) is 19.3 Å². The third kappa shape index (κ3) is 5.24. The molecular formula is C27H28ClFN4O3. The highest BCUT2D eigenvalue weighted by Gasteiger charge is 2.24. The SMILES string of the molecule is Cc1cnc(COc2cc(C)n(C3=CC(c4cccc(C(C)(C)O)n4)=NC[C@H]3C)c(=O)c2Cl)c(F)c1. The molecule has 1 atom stereocenters. The van der Waals surface area contributed by atoms with Gasteiger partial charge >= 0.3 is 0 Å². The maximum Gasteiger partial charge on any atom is 0.277 e. The highest BCUT2D eigenvalue weighted by molar-refractivity contribution is 6.31. The fourth-order valence-electron chi connectivity index (χ4n) is 3.94. The average molecular weight is 511 g/mol. The molecule has 1 aliphatic rings. The summed E-state index contributed by atoms with van der Waals surface area (Å²) in [6.07, 6.45) is 3.37. The molecule has 7 nitrogen and oxygen atoms in total. The zero-order chi connectivity index (χ0) is 26.2. The fourth-order valence-corrected chi connectivity index (χ4v) is 4.13. The minimum atomic E-state index is -1.10.